The second-order valence-corrected chi connectivity index (χ2v) is 8.20. The second-order valence-electron chi connectivity index (χ2n) is 6.73. The molecule has 4 aromatic rings. The Balaban J connectivity index is 1.59. The molecule has 0 bridgehead atoms. The number of nitrogens with zero attached hydrogens (tertiary/aromatic N) is 1. The summed E-state index contributed by atoms with van der Waals surface area (Å²) in [5.41, 5.74) is 3.94. The zero-order valence-electron chi connectivity index (χ0n) is 15.9. The normalized spacial score (nSPS) is 12.5. The lowest BCUT2D eigenvalue weighted by Crippen LogP contribution is -2.27. The quantitative estimate of drug-likeness (QED) is 0.401. The Morgan fingerprint density at radius 1 is 1.21 bits per heavy atom. The van der Waals surface area contributed by atoms with E-state index in [1.165, 1.54) is 6.08 Å². The lowest BCUT2D eigenvalue weighted by Gasteiger charge is -2.19. The van der Waals surface area contributed by atoms with Gasteiger partial charge >= 0.3 is 0 Å². The molecule has 0 spiro atoms. The highest BCUT2D eigenvalue weighted by Crippen LogP contribution is 2.34. The molecule has 0 saturated heterocycles. The molecule has 1 atom stereocenters. The standard InChI is InChI=1S/C23H20ClN3OS/c1-15-27-16(14-29-15)10-11-23(28)26-13-19(17-6-2-4-8-21(17)24)20-12-25-22-9-5-3-7-18(20)22/h2-12,14,19,25H,13H2,1H3,(H,26,28)/b11-10+. The van der Waals surface area contributed by atoms with E-state index in [1.807, 2.05) is 61.0 Å². The Morgan fingerprint density at radius 3 is 2.79 bits per heavy atom. The van der Waals surface area contributed by atoms with Crippen LogP contribution in [0.25, 0.3) is 17.0 Å². The molecule has 0 aliphatic rings. The van der Waals surface area contributed by atoms with Crippen molar-refractivity contribution in [1.82, 2.24) is 15.3 Å². The van der Waals surface area contributed by atoms with Gasteiger partial charge in [0.25, 0.3) is 0 Å². The summed E-state index contributed by atoms with van der Waals surface area (Å²) in [6.45, 7) is 2.38. The number of para-hydroxylation sites is 1. The predicted octanol–water partition coefficient (Wildman–Crippen LogP) is 5.55. The molecule has 4 nitrogen and oxygen atoms in total. The molecular formula is C23H20ClN3OS. The van der Waals surface area contributed by atoms with E-state index in [-0.39, 0.29) is 11.8 Å². The minimum Gasteiger partial charge on any atom is -0.361 e. The van der Waals surface area contributed by atoms with Crippen molar-refractivity contribution >= 4 is 45.8 Å². The summed E-state index contributed by atoms with van der Waals surface area (Å²) in [7, 11) is 0. The van der Waals surface area contributed by atoms with Crippen LogP contribution in [0.2, 0.25) is 5.02 Å². The van der Waals surface area contributed by atoms with E-state index in [2.05, 4.69) is 21.4 Å². The largest absolute Gasteiger partial charge is 0.361 e. The topological polar surface area (TPSA) is 57.8 Å². The van der Waals surface area contributed by atoms with Gasteiger partial charge in [-0.25, -0.2) is 4.98 Å². The van der Waals surface area contributed by atoms with E-state index in [0.29, 0.717) is 11.6 Å². The van der Waals surface area contributed by atoms with Crippen LogP contribution in [0.3, 0.4) is 0 Å². The van der Waals surface area contributed by atoms with Crippen LogP contribution < -0.4 is 5.32 Å². The fraction of sp³-hybridized carbons (Fsp3) is 0.130. The summed E-state index contributed by atoms with van der Waals surface area (Å²) >= 11 is 8.06. The zero-order valence-corrected chi connectivity index (χ0v) is 17.4. The van der Waals surface area contributed by atoms with Crippen LogP contribution in [0.4, 0.5) is 0 Å². The molecule has 0 aliphatic carbocycles. The molecule has 4 rings (SSSR count). The molecule has 1 unspecified atom stereocenters. The number of fused-ring (bicyclic) bond motifs is 1. The highest BCUT2D eigenvalue weighted by molar-refractivity contribution is 7.09. The van der Waals surface area contributed by atoms with Crippen LogP contribution in [0, 0.1) is 6.92 Å². The lowest BCUT2D eigenvalue weighted by molar-refractivity contribution is -0.116. The molecule has 6 heteroatoms. The molecule has 2 heterocycles. The molecule has 2 aromatic heterocycles. The maximum Gasteiger partial charge on any atom is 0.244 e. The highest BCUT2D eigenvalue weighted by Gasteiger charge is 2.20. The summed E-state index contributed by atoms with van der Waals surface area (Å²) in [6.07, 6.45) is 5.25. The third-order valence-corrected chi connectivity index (χ3v) is 5.94. The number of benzene rings is 2. The Bertz CT molecular complexity index is 1180. The average Bonchev–Trinajstić information content (AvgIpc) is 3.34. The van der Waals surface area contributed by atoms with Crippen molar-refractivity contribution in [1.29, 1.82) is 0 Å². The number of aryl methyl sites for hydroxylation is 1. The monoisotopic (exact) mass is 421 g/mol. The third kappa shape index (κ3) is 4.42. The van der Waals surface area contributed by atoms with Crippen molar-refractivity contribution in [2.24, 2.45) is 0 Å². The molecule has 146 valence electrons. The van der Waals surface area contributed by atoms with E-state index in [1.54, 1.807) is 17.4 Å². The van der Waals surface area contributed by atoms with Crippen molar-refractivity contribution in [3.8, 4) is 0 Å². The van der Waals surface area contributed by atoms with Gasteiger partial charge < -0.3 is 10.3 Å². The van der Waals surface area contributed by atoms with Gasteiger partial charge in [-0.1, -0.05) is 48.0 Å². The average molecular weight is 422 g/mol. The van der Waals surface area contributed by atoms with Gasteiger partial charge in [0.15, 0.2) is 0 Å². The number of hydrogen-bond donors (Lipinski definition) is 2. The molecular weight excluding hydrogens is 402 g/mol. The van der Waals surface area contributed by atoms with Crippen LogP contribution in [-0.2, 0) is 4.79 Å². The number of aromatic amines is 1. The fourth-order valence-corrected chi connectivity index (χ4v) is 4.25. The minimum atomic E-state index is -0.160. The number of thiazole rings is 1. The van der Waals surface area contributed by atoms with E-state index in [0.717, 1.165) is 32.7 Å². The number of nitrogens with one attached hydrogen (secondary N) is 2. The smallest absolute Gasteiger partial charge is 0.244 e. The van der Waals surface area contributed by atoms with Gasteiger partial charge in [0.1, 0.15) is 0 Å². The summed E-state index contributed by atoms with van der Waals surface area (Å²) in [4.78, 5) is 20.1. The lowest BCUT2D eigenvalue weighted by atomic mass is 9.90. The number of carbonyl (C=O) groups excluding carboxylic acids is 1. The first kappa shape index (κ1) is 19.4. The number of carbonyl (C=O) groups is 1. The van der Waals surface area contributed by atoms with E-state index in [9.17, 15) is 4.79 Å². The molecule has 0 radical (unpaired) electrons. The maximum absolute atomic E-state index is 12.4. The highest BCUT2D eigenvalue weighted by atomic mass is 35.5. The Morgan fingerprint density at radius 2 is 2.00 bits per heavy atom. The van der Waals surface area contributed by atoms with Crippen molar-refractivity contribution < 1.29 is 4.79 Å². The maximum atomic E-state index is 12.4. The SMILES string of the molecule is Cc1nc(/C=C/C(=O)NCC(c2ccccc2Cl)c2c[nH]c3ccccc23)cs1. The fourth-order valence-electron chi connectivity index (χ4n) is 3.41. The van der Waals surface area contributed by atoms with Gasteiger partial charge in [0, 0.05) is 46.0 Å². The van der Waals surface area contributed by atoms with E-state index < -0.39 is 0 Å². The number of H-pyrrole nitrogens is 1. The molecule has 29 heavy (non-hydrogen) atoms. The first-order chi connectivity index (χ1) is 14.1. The molecule has 1 amide bonds. The third-order valence-electron chi connectivity index (χ3n) is 4.80. The van der Waals surface area contributed by atoms with Crippen LogP contribution in [0.15, 0.2) is 66.2 Å². The summed E-state index contributed by atoms with van der Waals surface area (Å²) in [5.74, 6) is -0.230. The van der Waals surface area contributed by atoms with Gasteiger partial charge in [0.05, 0.1) is 10.7 Å². The molecule has 0 aliphatic heterocycles. The van der Waals surface area contributed by atoms with Gasteiger partial charge in [-0.2, -0.15) is 0 Å². The minimum absolute atomic E-state index is 0.0706. The molecule has 0 fully saturated rings. The van der Waals surface area contributed by atoms with Gasteiger partial charge in [-0.05, 0) is 36.3 Å². The second kappa shape index (κ2) is 8.64. The summed E-state index contributed by atoms with van der Waals surface area (Å²) in [6, 6.07) is 15.9. The van der Waals surface area contributed by atoms with E-state index in [4.69, 9.17) is 11.6 Å². The first-order valence-electron chi connectivity index (χ1n) is 9.30. The number of aromatic nitrogens is 2. The van der Waals surface area contributed by atoms with Crippen LogP contribution in [0.1, 0.15) is 27.7 Å². The molecule has 2 N–H and O–H groups in total. The van der Waals surface area contributed by atoms with Crippen molar-refractivity contribution in [3.63, 3.8) is 0 Å². The van der Waals surface area contributed by atoms with Gasteiger partial charge in [-0.3, -0.25) is 4.79 Å². The van der Waals surface area contributed by atoms with E-state index >= 15 is 0 Å². The molecule has 2 aromatic carbocycles. The van der Waals surface area contributed by atoms with Crippen molar-refractivity contribution in [2.75, 3.05) is 6.54 Å². The Kier molecular flexibility index (Phi) is 5.79. The Hall–Kier alpha value is -2.89. The van der Waals surface area contributed by atoms with Crippen LogP contribution in [0.5, 0.6) is 0 Å². The zero-order chi connectivity index (χ0) is 20.2. The Labute approximate surface area is 178 Å². The summed E-state index contributed by atoms with van der Waals surface area (Å²) in [5, 5.41) is 7.73. The molecule has 0 saturated carbocycles. The number of halogens is 1. The number of rotatable bonds is 6. The van der Waals surface area contributed by atoms with Crippen molar-refractivity contribution in [3.05, 3.63) is 93.0 Å². The predicted molar refractivity (Wildman–Crippen MR) is 120 cm³/mol. The number of amides is 1. The van der Waals surface area contributed by atoms with Crippen molar-refractivity contribution in [2.45, 2.75) is 12.8 Å². The summed E-state index contributed by atoms with van der Waals surface area (Å²) < 4.78 is 0. The van der Waals surface area contributed by atoms with Gasteiger partial charge in [0.2, 0.25) is 5.91 Å². The van der Waals surface area contributed by atoms with Crippen LogP contribution >= 0.6 is 22.9 Å². The van der Waals surface area contributed by atoms with Gasteiger partial charge in [-0.15, -0.1) is 11.3 Å². The van der Waals surface area contributed by atoms with Crippen LogP contribution in [-0.4, -0.2) is 22.4 Å². The first-order valence-corrected chi connectivity index (χ1v) is 10.6. The number of hydrogen-bond acceptors (Lipinski definition) is 3.